The van der Waals surface area contributed by atoms with Gasteiger partial charge in [-0.3, -0.25) is 9.59 Å². The van der Waals surface area contributed by atoms with Gasteiger partial charge >= 0.3 is 5.97 Å². The lowest BCUT2D eigenvalue weighted by molar-refractivity contribution is -0.141. The molecular weight excluding hydrogens is 292 g/mol. The lowest BCUT2D eigenvalue weighted by atomic mass is 9.93. The average molecular weight is 308 g/mol. The van der Waals surface area contributed by atoms with Crippen molar-refractivity contribution >= 4 is 22.5 Å². The number of ketones is 1. The normalized spacial score (nSPS) is 12.2. The highest BCUT2D eigenvalue weighted by Gasteiger charge is 2.25. The molecule has 4 heteroatoms. The Hall–Kier alpha value is -2.88. The standard InChI is InChI=1S/C19H16O4/c20-17(18-16-9-5-4-8-14(16)12-23-18)11-15(19(21)22)10-13-6-2-1-3-7-13/h1-9,12,15H,10-11H2,(H,21,22). The summed E-state index contributed by atoms with van der Waals surface area (Å²) in [7, 11) is 0. The van der Waals surface area contributed by atoms with Gasteiger partial charge in [0.05, 0.1) is 12.2 Å². The molecule has 0 saturated heterocycles. The Bertz CT molecular complexity index is 833. The predicted octanol–water partition coefficient (Wildman–Crippen LogP) is 3.95. The molecule has 2 aromatic carbocycles. The van der Waals surface area contributed by atoms with Gasteiger partial charge in [-0.15, -0.1) is 0 Å². The second kappa shape index (κ2) is 6.48. The number of carbonyl (C=O) groups excluding carboxylic acids is 1. The Kier molecular flexibility index (Phi) is 4.24. The summed E-state index contributed by atoms with van der Waals surface area (Å²) in [6.45, 7) is 0. The molecule has 0 bridgehead atoms. The molecule has 0 aliphatic heterocycles. The summed E-state index contributed by atoms with van der Waals surface area (Å²) in [4.78, 5) is 24.0. The largest absolute Gasteiger partial charge is 0.481 e. The molecule has 4 nitrogen and oxygen atoms in total. The summed E-state index contributed by atoms with van der Waals surface area (Å²) in [5, 5.41) is 11.0. The van der Waals surface area contributed by atoms with E-state index in [1.165, 1.54) is 6.26 Å². The number of furan rings is 1. The smallest absolute Gasteiger partial charge is 0.307 e. The van der Waals surface area contributed by atoms with Gasteiger partial charge in [0.15, 0.2) is 11.5 Å². The van der Waals surface area contributed by atoms with Crippen LogP contribution in [-0.4, -0.2) is 16.9 Å². The van der Waals surface area contributed by atoms with Crippen molar-refractivity contribution in [3.05, 3.63) is 72.2 Å². The van der Waals surface area contributed by atoms with Crippen LogP contribution < -0.4 is 0 Å². The van der Waals surface area contributed by atoms with Crippen LogP contribution in [0, 0.1) is 5.92 Å². The molecule has 3 rings (SSSR count). The van der Waals surface area contributed by atoms with Gasteiger partial charge in [0.1, 0.15) is 0 Å². The van der Waals surface area contributed by atoms with Gasteiger partial charge in [-0.1, -0.05) is 54.6 Å². The first-order chi connectivity index (χ1) is 11.1. The highest BCUT2D eigenvalue weighted by Crippen LogP contribution is 2.24. The van der Waals surface area contributed by atoms with Gasteiger partial charge in [0, 0.05) is 17.2 Å². The molecule has 1 unspecified atom stereocenters. The summed E-state index contributed by atoms with van der Waals surface area (Å²) in [6.07, 6.45) is 1.76. The Morgan fingerprint density at radius 2 is 1.70 bits per heavy atom. The van der Waals surface area contributed by atoms with E-state index in [1.807, 2.05) is 48.5 Å². The molecule has 0 saturated carbocycles. The fourth-order valence-corrected chi connectivity index (χ4v) is 2.67. The van der Waals surface area contributed by atoms with Crippen molar-refractivity contribution in [3.8, 4) is 0 Å². The highest BCUT2D eigenvalue weighted by atomic mass is 16.4. The van der Waals surface area contributed by atoms with Crippen molar-refractivity contribution in [2.75, 3.05) is 0 Å². The first-order valence-corrected chi connectivity index (χ1v) is 7.41. The van der Waals surface area contributed by atoms with Crippen LogP contribution in [0.1, 0.15) is 22.5 Å². The Morgan fingerprint density at radius 3 is 2.43 bits per heavy atom. The SMILES string of the molecule is O=C(CC(Cc1ccccc1)C(=O)O)c1occ2ccccc12. The van der Waals surface area contributed by atoms with Crippen LogP contribution in [0.3, 0.4) is 0 Å². The molecule has 0 spiro atoms. The number of hydrogen-bond donors (Lipinski definition) is 1. The topological polar surface area (TPSA) is 67.5 Å². The zero-order chi connectivity index (χ0) is 16.2. The molecular formula is C19H16O4. The van der Waals surface area contributed by atoms with Gasteiger partial charge < -0.3 is 9.52 Å². The first kappa shape index (κ1) is 15.0. The van der Waals surface area contributed by atoms with E-state index in [2.05, 4.69) is 0 Å². The maximum absolute atomic E-state index is 12.5. The molecule has 116 valence electrons. The second-order valence-corrected chi connectivity index (χ2v) is 5.50. The zero-order valence-corrected chi connectivity index (χ0v) is 12.4. The van der Waals surface area contributed by atoms with Crippen LogP contribution in [0.15, 0.2) is 65.3 Å². The second-order valence-electron chi connectivity index (χ2n) is 5.50. The minimum Gasteiger partial charge on any atom is -0.481 e. The number of benzene rings is 2. The van der Waals surface area contributed by atoms with Gasteiger partial charge in [-0.2, -0.15) is 0 Å². The van der Waals surface area contributed by atoms with E-state index in [0.717, 1.165) is 16.3 Å². The number of rotatable bonds is 6. The van der Waals surface area contributed by atoms with Crippen LogP contribution in [0.5, 0.6) is 0 Å². The Labute approximate surface area is 133 Å². The third-order valence-electron chi connectivity index (χ3n) is 3.87. The third kappa shape index (κ3) is 3.31. The molecule has 1 aromatic heterocycles. The zero-order valence-electron chi connectivity index (χ0n) is 12.4. The van der Waals surface area contributed by atoms with Crippen molar-refractivity contribution in [1.29, 1.82) is 0 Å². The predicted molar refractivity (Wildman–Crippen MR) is 86.4 cm³/mol. The summed E-state index contributed by atoms with van der Waals surface area (Å²) in [5.74, 6) is -1.79. The molecule has 23 heavy (non-hydrogen) atoms. The third-order valence-corrected chi connectivity index (χ3v) is 3.87. The van der Waals surface area contributed by atoms with E-state index in [9.17, 15) is 14.7 Å². The molecule has 1 atom stereocenters. The van der Waals surface area contributed by atoms with E-state index >= 15 is 0 Å². The molecule has 1 heterocycles. The molecule has 0 amide bonds. The van der Waals surface area contributed by atoms with E-state index in [0.29, 0.717) is 6.42 Å². The number of carbonyl (C=O) groups is 2. The summed E-state index contributed by atoms with van der Waals surface area (Å²) < 4.78 is 5.37. The number of hydrogen-bond acceptors (Lipinski definition) is 3. The summed E-state index contributed by atoms with van der Waals surface area (Å²) in [5.41, 5.74) is 0.900. The molecule has 0 aliphatic carbocycles. The molecule has 3 aromatic rings. The average Bonchev–Trinajstić information content (AvgIpc) is 2.99. The number of Topliss-reactive ketones (excluding diaryl/α,β-unsaturated/α-hetero) is 1. The van der Waals surface area contributed by atoms with Crippen molar-refractivity contribution in [3.63, 3.8) is 0 Å². The van der Waals surface area contributed by atoms with Crippen molar-refractivity contribution in [1.82, 2.24) is 0 Å². The van der Waals surface area contributed by atoms with E-state index < -0.39 is 11.9 Å². The Morgan fingerprint density at radius 1 is 1.00 bits per heavy atom. The fraction of sp³-hybridized carbons (Fsp3) is 0.158. The number of aliphatic carboxylic acids is 1. The van der Waals surface area contributed by atoms with Crippen molar-refractivity contribution in [2.45, 2.75) is 12.8 Å². The number of carboxylic acids is 1. The van der Waals surface area contributed by atoms with Gasteiger partial charge in [0.25, 0.3) is 0 Å². The maximum Gasteiger partial charge on any atom is 0.307 e. The van der Waals surface area contributed by atoms with Crippen molar-refractivity contribution in [2.24, 2.45) is 5.92 Å². The van der Waals surface area contributed by atoms with E-state index in [4.69, 9.17) is 4.42 Å². The van der Waals surface area contributed by atoms with Crippen LogP contribution in [0.4, 0.5) is 0 Å². The van der Waals surface area contributed by atoms with Gasteiger partial charge in [-0.25, -0.2) is 0 Å². The number of carboxylic acid groups (broad SMARTS) is 1. The highest BCUT2D eigenvalue weighted by molar-refractivity contribution is 6.06. The van der Waals surface area contributed by atoms with Crippen LogP contribution in [0.25, 0.3) is 10.8 Å². The van der Waals surface area contributed by atoms with E-state index in [-0.39, 0.29) is 18.0 Å². The minimum absolute atomic E-state index is 0.0816. The molecule has 1 N–H and O–H groups in total. The van der Waals surface area contributed by atoms with E-state index in [1.54, 1.807) is 6.07 Å². The monoisotopic (exact) mass is 308 g/mol. The quantitative estimate of drug-likeness (QED) is 0.700. The summed E-state index contributed by atoms with van der Waals surface area (Å²) >= 11 is 0. The first-order valence-electron chi connectivity index (χ1n) is 7.41. The fourth-order valence-electron chi connectivity index (χ4n) is 2.67. The molecule has 0 aliphatic rings. The van der Waals surface area contributed by atoms with Crippen LogP contribution >= 0.6 is 0 Å². The van der Waals surface area contributed by atoms with Crippen LogP contribution in [0.2, 0.25) is 0 Å². The lowest BCUT2D eigenvalue weighted by Gasteiger charge is -2.11. The van der Waals surface area contributed by atoms with Crippen molar-refractivity contribution < 1.29 is 19.1 Å². The number of fused-ring (bicyclic) bond motifs is 1. The Balaban J connectivity index is 1.80. The molecule has 0 radical (unpaired) electrons. The lowest BCUT2D eigenvalue weighted by Crippen LogP contribution is -2.20. The maximum atomic E-state index is 12.5. The summed E-state index contributed by atoms with van der Waals surface area (Å²) in [6, 6.07) is 16.7. The molecule has 0 fully saturated rings. The van der Waals surface area contributed by atoms with Crippen LogP contribution in [-0.2, 0) is 11.2 Å². The van der Waals surface area contributed by atoms with Gasteiger partial charge in [0.2, 0.25) is 0 Å². The minimum atomic E-state index is -0.974. The van der Waals surface area contributed by atoms with Gasteiger partial charge in [-0.05, 0) is 12.0 Å².